The third kappa shape index (κ3) is 11.5. The summed E-state index contributed by atoms with van der Waals surface area (Å²) in [6.45, 7) is 2.26. The number of primary amides is 1. The maximum Gasteiger partial charge on any atom is 0.326 e. The third-order valence-electron chi connectivity index (χ3n) is 6.65. The summed E-state index contributed by atoms with van der Waals surface area (Å²) in [6, 6.07) is -3.61. The van der Waals surface area contributed by atoms with Crippen LogP contribution in [0, 0.1) is 5.92 Å². The highest BCUT2D eigenvalue weighted by Gasteiger charge is 2.45. The Bertz CT molecular complexity index is 894. The molecule has 3 unspecified atom stereocenters. The smallest absolute Gasteiger partial charge is 0.326 e. The van der Waals surface area contributed by atoms with Gasteiger partial charge < -0.3 is 63.1 Å². The topological polar surface area (TPSA) is 299 Å². The number of ether oxygens (including phenoxy) is 2. The molecule has 1 heterocycles. The molecule has 0 bridgehead atoms. The monoisotopic (exact) mass is 592 g/mol. The van der Waals surface area contributed by atoms with Gasteiger partial charge in [0.1, 0.15) is 36.4 Å². The first-order chi connectivity index (χ1) is 19.3. The summed E-state index contributed by atoms with van der Waals surface area (Å²) in [7, 11) is 0. The number of rotatable bonds is 18. The molecule has 0 radical (unpaired) electrons. The van der Waals surface area contributed by atoms with E-state index in [1.54, 1.807) is 0 Å². The summed E-state index contributed by atoms with van der Waals surface area (Å²) < 4.78 is 10.7. The van der Waals surface area contributed by atoms with E-state index in [1.807, 2.05) is 0 Å². The summed E-state index contributed by atoms with van der Waals surface area (Å²) in [5.41, 5.74) is 16.4. The van der Waals surface area contributed by atoms with Gasteiger partial charge in [-0.05, 0) is 46.1 Å². The molecule has 1 fully saturated rings. The van der Waals surface area contributed by atoms with Gasteiger partial charge in [-0.3, -0.25) is 19.2 Å². The normalized spacial score (nSPS) is 25.3. The lowest BCUT2D eigenvalue weighted by Crippen LogP contribution is -2.60. The van der Waals surface area contributed by atoms with Crippen LogP contribution in [0.25, 0.3) is 0 Å². The molecule has 0 spiro atoms. The van der Waals surface area contributed by atoms with E-state index >= 15 is 0 Å². The van der Waals surface area contributed by atoms with Gasteiger partial charge in [0.15, 0.2) is 6.29 Å². The van der Waals surface area contributed by atoms with Crippen LogP contribution < -0.4 is 33.2 Å². The fourth-order valence-electron chi connectivity index (χ4n) is 4.14. The molecule has 0 aromatic carbocycles. The molecule has 0 saturated carbocycles. The minimum Gasteiger partial charge on any atom is -0.480 e. The number of hydrogen-bond acceptors (Lipinski definition) is 12. The number of aliphatic carboxylic acids is 1. The van der Waals surface area contributed by atoms with Crippen molar-refractivity contribution in [2.45, 2.75) is 94.8 Å². The Balaban J connectivity index is 2.68. The third-order valence-corrected chi connectivity index (χ3v) is 6.65. The van der Waals surface area contributed by atoms with Crippen LogP contribution >= 0.6 is 0 Å². The molecule has 17 nitrogen and oxygen atoms in total. The number of carboxylic acids is 1. The fraction of sp³-hybridized carbons (Fsp3) is 0.792. The van der Waals surface area contributed by atoms with Gasteiger partial charge in [0, 0.05) is 13.0 Å². The Hall–Kier alpha value is -2.93. The van der Waals surface area contributed by atoms with Crippen LogP contribution in [0.4, 0.5) is 0 Å². The number of carbonyl (C=O) groups is 5. The van der Waals surface area contributed by atoms with Crippen molar-refractivity contribution in [3.05, 3.63) is 0 Å². The van der Waals surface area contributed by atoms with Crippen molar-refractivity contribution in [1.29, 1.82) is 0 Å². The second-order valence-electron chi connectivity index (χ2n) is 9.86. The maximum atomic E-state index is 12.7. The number of unbranched alkanes of at least 4 members (excludes halogenated alkanes) is 1. The second-order valence-corrected chi connectivity index (χ2v) is 9.86. The molecule has 41 heavy (non-hydrogen) atoms. The average molecular weight is 593 g/mol. The van der Waals surface area contributed by atoms with E-state index in [4.69, 9.17) is 26.7 Å². The highest BCUT2D eigenvalue weighted by molar-refractivity contribution is 5.92. The van der Waals surface area contributed by atoms with Crippen molar-refractivity contribution in [2.75, 3.05) is 19.7 Å². The molecule has 0 aromatic rings. The molecule has 1 rings (SSSR count). The van der Waals surface area contributed by atoms with Gasteiger partial charge in [-0.1, -0.05) is 0 Å². The molecule has 236 valence electrons. The van der Waals surface area contributed by atoms with Crippen LogP contribution in [0.3, 0.4) is 0 Å². The SMILES string of the molecule is C[C@H](NC(=O)[C@@H](C)O[C@H]1C(O)C(CO)OC(O)[C@H]1CN)C(=O)N[C@H](CCC(=O)N[C@@H](CCCCN)C(=O)O)C(N)=O. The Morgan fingerprint density at radius 3 is 2.15 bits per heavy atom. The average Bonchev–Trinajstić information content (AvgIpc) is 2.91. The van der Waals surface area contributed by atoms with Gasteiger partial charge in [0.05, 0.1) is 18.6 Å². The summed E-state index contributed by atoms with van der Waals surface area (Å²) in [5, 5.41) is 46.3. The Morgan fingerprint density at radius 2 is 1.61 bits per heavy atom. The van der Waals surface area contributed by atoms with E-state index in [2.05, 4.69) is 16.0 Å². The Labute approximate surface area is 237 Å². The van der Waals surface area contributed by atoms with E-state index in [0.717, 1.165) is 0 Å². The number of carbonyl (C=O) groups excluding carboxylic acids is 4. The van der Waals surface area contributed by atoms with Crippen molar-refractivity contribution in [3.8, 4) is 0 Å². The van der Waals surface area contributed by atoms with Gasteiger partial charge in [0.25, 0.3) is 0 Å². The number of amides is 4. The highest BCUT2D eigenvalue weighted by atomic mass is 16.6. The number of aliphatic hydroxyl groups excluding tert-OH is 3. The highest BCUT2D eigenvalue weighted by Crippen LogP contribution is 2.27. The first-order valence-corrected chi connectivity index (χ1v) is 13.4. The molecule has 4 amide bonds. The van der Waals surface area contributed by atoms with E-state index in [1.165, 1.54) is 13.8 Å². The number of aliphatic hydroxyl groups is 3. The van der Waals surface area contributed by atoms with Crippen LogP contribution in [-0.2, 0) is 33.4 Å². The molecule has 17 heteroatoms. The second kappa shape index (κ2) is 17.8. The predicted octanol–water partition coefficient (Wildman–Crippen LogP) is -4.64. The predicted molar refractivity (Wildman–Crippen MR) is 141 cm³/mol. The van der Waals surface area contributed by atoms with Gasteiger partial charge in [-0.2, -0.15) is 0 Å². The lowest BCUT2D eigenvalue weighted by Gasteiger charge is -2.42. The largest absolute Gasteiger partial charge is 0.480 e. The van der Waals surface area contributed by atoms with E-state index < -0.39 is 91.0 Å². The molecular weight excluding hydrogens is 548 g/mol. The van der Waals surface area contributed by atoms with E-state index in [0.29, 0.717) is 19.4 Å². The number of hydrogen-bond donors (Lipinski definition) is 10. The number of carboxylic acid groups (broad SMARTS) is 1. The maximum absolute atomic E-state index is 12.7. The molecule has 1 aliphatic heterocycles. The van der Waals surface area contributed by atoms with Crippen LogP contribution in [0.1, 0.15) is 46.0 Å². The molecule has 0 aromatic heterocycles. The van der Waals surface area contributed by atoms with E-state index in [-0.39, 0.29) is 25.8 Å². The lowest BCUT2D eigenvalue weighted by molar-refractivity contribution is -0.280. The minimum absolute atomic E-state index is 0.161. The van der Waals surface area contributed by atoms with Crippen molar-refractivity contribution in [3.63, 3.8) is 0 Å². The van der Waals surface area contributed by atoms with Crippen molar-refractivity contribution >= 4 is 29.6 Å². The molecule has 9 atom stereocenters. The quantitative estimate of drug-likeness (QED) is 0.0670. The molecule has 0 aliphatic carbocycles. The van der Waals surface area contributed by atoms with Gasteiger partial charge in [-0.25, -0.2) is 4.79 Å². The summed E-state index contributed by atoms with van der Waals surface area (Å²) in [4.78, 5) is 60.8. The van der Waals surface area contributed by atoms with Crippen LogP contribution in [0.15, 0.2) is 0 Å². The minimum atomic E-state index is -1.45. The standard InChI is InChI=1S/C24H44N6O11/c1-11(28-22(36)12(2)40-19-13(9-26)24(39)41-16(10-31)18(19)33)21(35)30-14(20(27)34)6-7-17(32)29-15(23(37)38)5-3-4-8-25/h11-16,18-19,24,31,33,39H,3-10,25-26H2,1-2H3,(H2,27,34)(H,28,36)(H,29,32)(H,30,35)(H,37,38)/t11-,12+,13-,14+,15-,16?,18?,19+,24?/m0/s1. The van der Waals surface area contributed by atoms with Gasteiger partial charge in [-0.15, -0.1) is 0 Å². The zero-order valence-electron chi connectivity index (χ0n) is 23.2. The van der Waals surface area contributed by atoms with Crippen LogP contribution in [0.2, 0.25) is 0 Å². The van der Waals surface area contributed by atoms with Gasteiger partial charge in [0.2, 0.25) is 23.6 Å². The number of nitrogens with two attached hydrogens (primary N) is 3. The molecular formula is C24H44N6O11. The zero-order valence-corrected chi connectivity index (χ0v) is 23.2. The summed E-state index contributed by atoms with van der Waals surface area (Å²) in [5.74, 6) is -5.31. The molecule has 1 aliphatic rings. The van der Waals surface area contributed by atoms with Crippen LogP contribution in [0.5, 0.6) is 0 Å². The van der Waals surface area contributed by atoms with Gasteiger partial charge >= 0.3 is 5.97 Å². The fourth-order valence-corrected chi connectivity index (χ4v) is 4.14. The number of nitrogens with one attached hydrogen (secondary N) is 3. The molecule has 1 saturated heterocycles. The first kappa shape index (κ1) is 36.1. The van der Waals surface area contributed by atoms with Crippen LogP contribution in [-0.4, -0.2) is 119 Å². The summed E-state index contributed by atoms with van der Waals surface area (Å²) in [6.07, 6.45) is -5.71. The van der Waals surface area contributed by atoms with Crippen molar-refractivity contribution < 1.29 is 53.9 Å². The van der Waals surface area contributed by atoms with Crippen molar-refractivity contribution in [2.24, 2.45) is 23.1 Å². The van der Waals surface area contributed by atoms with E-state index in [9.17, 15) is 44.4 Å². The first-order valence-electron chi connectivity index (χ1n) is 13.4. The zero-order chi connectivity index (χ0) is 31.3. The Morgan fingerprint density at radius 1 is 0.951 bits per heavy atom. The lowest BCUT2D eigenvalue weighted by atomic mass is 9.90. The summed E-state index contributed by atoms with van der Waals surface area (Å²) >= 11 is 0. The molecule has 13 N–H and O–H groups in total. The van der Waals surface area contributed by atoms with Crippen molar-refractivity contribution in [1.82, 2.24) is 16.0 Å². The Kier molecular flexibility index (Phi) is 15.7.